The van der Waals surface area contributed by atoms with Crippen molar-refractivity contribution in [2.45, 2.75) is 73.1 Å². The summed E-state index contributed by atoms with van der Waals surface area (Å²) in [5, 5.41) is 0. The molecule has 21 heavy (non-hydrogen) atoms. The van der Waals surface area contributed by atoms with Crippen LogP contribution in [0.5, 0.6) is 0 Å². The highest BCUT2D eigenvalue weighted by molar-refractivity contribution is 5.26. The van der Waals surface area contributed by atoms with Crippen molar-refractivity contribution in [3.8, 4) is 0 Å². The fourth-order valence-corrected chi connectivity index (χ4v) is 6.26. The van der Waals surface area contributed by atoms with Crippen molar-refractivity contribution in [1.82, 2.24) is 0 Å². The first-order valence-electron chi connectivity index (χ1n) is 9.12. The van der Waals surface area contributed by atoms with E-state index in [4.69, 9.17) is 0 Å². The molecule has 3 aliphatic rings. The molecular weight excluding hydrogens is 252 g/mol. The molecule has 0 nitrogen and oxygen atoms in total. The summed E-state index contributed by atoms with van der Waals surface area (Å²) >= 11 is 0. The Hall–Kier alpha value is -0.520. The molecule has 0 N–H and O–H groups in total. The van der Waals surface area contributed by atoms with Crippen LogP contribution in [0.15, 0.2) is 23.8 Å². The molecule has 0 unspecified atom stereocenters. The van der Waals surface area contributed by atoms with Crippen LogP contribution in [0.4, 0.5) is 0 Å². The van der Waals surface area contributed by atoms with E-state index in [-0.39, 0.29) is 0 Å². The van der Waals surface area contributed by atoms with Crippen molar-refractivity contribution in [3.63, 3.8) is 0 Å². The van der Waals surface area contributed by atoms with Gasteiger partial charge in [0.25, 0.3) is 0 Å². The molecular formula is C21H34. The number of hydrogen-bond donors (Lipinski definition) is 0. The van der Waals surface area contributed by atoms with Crippen molar-refractivity contribution < 1.29 is 0 Å². The highest BCUT2D eigenvalue weighted by atomic mass is 14.8. The molecule has 0 aromatic heterocycles. The van der Waals surface area contributed by atoms with Gasteiger partial charge in [0.05, 0.1) is 0 Å². The van der Waals surface area contributed by atoms with Gasteiger partial charge in [-0.25, -0.2) is 0 Å². The summed E-state index contributed by atoms with van der Waals surface area (Å²) < 4.78 is 0. The summed E-state index contributed by atoms with van der Waals surface area (Å²) in [6.45, 7) is 16.6. The van der Waals surface area contributed by atoms with Gasteiger partial charge in [0, 0.05) is 0 Å². The van der Waals surface area contributed by atoms with E-state index < -0.39 is 0 Å². The molecule has 0 heteroatoms. The van der Waals surface area contributed by atoms with Crippen molar-refractivity contribution >= 4 is 0 Å². The third-order valence-electron chi connectivity index (χ3n) is 7.74. The number of allylic oxidation sites excluding steroid dienone is 3. The van der Waals surface area contributed by atoms with E-state index in [0.29, 0.717) is 10.8 Å². The average molecular weight is 287 g/mol. The second-order valence-electron chi connectivity index (χ2n) is 9.03. The zero-order valence-electron chi connectivity index (χ0n) is 14.8. The molecule has 3 saturated carbocycles. The fraction of sp³-hybridized carbons (Fsp3) is 0.810. The molecule has 0 amide bonds. The highest BCUT2D eigenvalue weighted by Crippen LogP contribution is 2.79. The number of hydrogen-bond acceptors (Lipinski definition) is 0. The van der Waals surface area contributed by atoms with E-state index in [9.17, 15) is 0 Å². The smallest absolute Gasteiger partial charge is 0.0172 e. The van der Waals surface area contributed by atoms with Crippen LogP contribution in [0.25, 0.3) is 0 Å². The first kappa shape index (κ1) is 15.4. The predicted octanol–water partition coefficient (Wildman–Crippen LogP) is 6.39. The minimum Gasteiger partial charge on any atom is -0.0996 e. The van der Waals surface area contributed by atoms with Crippen LogP contribution in [-0.4, -0.2) is 0 Å². The van der Waals surface area contributed by atoms with Gasteiger partial charge in [-0.2, -0.15) is 0 Å². The maximum absolute atomic E-state index is 4.46. The first-order valence-corrected chi connectivity index (χ1v) is 9.12. The molecule has 0 aromatic carbocycles. The molecule has 0 heterocycles. The lowest BCUT2D eigenvalue weighted by molar-refractivity contribution is 0.266. The van der Waals surface area contributed by atoms with Crippen molar-refractivity contribution in [1.29, 1.82) is 0 Å². The zero-order valence-corrected chi connectivity index (χ0v) is 14.8. The highest BCUT2D eigenvalue weighted by Gasteiger charge is 2.73. The van der Waals surface area contributed by atoms with Crippen LogP contribution in [0.3, 0.4) is 0 Å². The van der Waals surface area contributed by atoms with E-state index in [0.717, 1.165) is 23.7 Å². The molecule has 118 valence electrons. The van der Waals surface area contributed by atoms with Gasteiger partial charge in [-0.1, -0.05) is 44.6 Å². The van der Waals surface area contributed by atoms with Crippen LogP contribution >= 0.6 is 0 Å². The van der Waals surface area contributed by atoms with Crippen LogP contribution in [-0.2, 0) is 0 Å². The van der Waals surface area contributed by atoms with Crippen LogP contribution in [0.1, 0.15) is 73.1 Å². The van der Waals surface area contributed by atoms with Gasteiger partial charge in [-0.05, 0) is 86.9 Å². The van der Waals surface area contributed by atoms with E-state index in [1.165, 1.54) is 44.1 Å². The molecule has 3 fully saturated rings. The van der Waals surface area contributed by atoms with Gasteiger partial charge in [-0.15, -0.1) is 0 Å². The Bertz CT molecular complexity index is 466. The standard InChI is InChI=1S/C21H34/c1-14(2)8-7-12-20(5)19-18-16(4)9-10-17(18)15(3)11-13-21(19,20)6/h8,16-19H,3,7,9-13H2,1-2,4-6H3/t16-,17-,18-,19-,20+,21+/m1/s1. The van der Waals surface area contributed by atoms with E-state index in [1.807, 2.05) is 0 Å². The molecule has 0 aromatic rings. The predicted molar refractivity (Wildman–Crippen MR) is 92.1 cm³/mol. The number of fused-ring (bicyclic) bond motifs is 3. The fourth-order valence-electron chi connectivity index (χ4n) is 6.26. The largest absolute Gasteiger partial charge is 0.0996 e. The normalized spacial score (nSPS) is 48.3. The van der Waals surface area contributed by atoms with Crippen LogP contribution in [0, 0.1) is 34.5 Å². The van der Waals surface area contributed by atoms with Gasteiger partial charge in [0.1, 0.15) is 0 Å². The molecule has 0 saturated heterocycles. The topological polar surface area (TPSA) is 0 Å². The van der Waals surface area contributed by atoms with Gasteiger partial charge >= 0.3 is 0 Å². The Morgan fingerprint density at radius 1 is 1.29 bits per heavy atom. The number of rotatable bonds is 3. The lowest BCUT2D eigenvalue weighted by Crippen LogP contribution is -2.19. The minimum absolute atomic E-state index is 0.584. The zero-order chi connectivity index (χ0) is 15.4. The Morgan fingerprint density at radius 3 is 2.67 bits per heavy atom. The van der Waals surface area contributed by atoms with Gasteiger partial charge < -0.3 is 0 Å². The lowest BCUT2D eigenvalue weighted by Gasteiger charge is -2.26. The Labute approximate surface area is 132 Å². The molecule has 0 aliphatic heterocycles. The Kier molecular flexibility index (Phi) is 3.66. The quantitative estimate of drug-likeness (QED) is 0.527. The van der Waals surface area contributed by atoms with Crippen LogP contribution < -0.4 is 0 Å². The molecule has 6 atom stereocenters. The molecule has 3 rings (SSSR count). The maximum atomic E-state index is 4.46. The van der Waals surface area contributed by atoms with Gasteiger partial charge in [0.15, 0.2) is 0 Å². The SMILES string of the molecule is C=C1CC[C@@]2(C)[C@H]([C@@H]3[C@H](C)CC[C@H]13)[C@]2(C)CCC=C(C)C. The van der Waals surface area contributed by atoms with Crippen LogP contribution in [0.2, 0.25) is 0 Å². The monoisotopic (exact) mass is 286 g/mol. The molecule has 3 aliphatic carbocycles. The summed E-state index contributed by atoms with van der Waals surface area (Å²) in [7, 11) is 0. The van der Waals surface area contributed by atoms with E-state index in [1.54, 1.807) is 5.57 Å². The Balaban J connectivity index is 1.83. The minimum atomic E-state index is 0.584. The van der Waals surface area contributed by atoms with Crippen molar-refractivity contribution in [2.24, 2.45) is 34.5 Å². The third-order valence-corrected chi connectivity index (χ3v) is 7.74. The van der Waals surface area contributed by atoms with Crippen molar-refractivity contribution in [3.05, 3.63) is 23.8 Å². The summed E-state index contributed by atoms with van der Waals surface area (Å²) in [6, 6.07) is 0. The average Bonchev–Trinajstić information content (AvgIpc) is 2.70. The summed E-state index contributed by atoms with van der Waals surface area (Å²) in [6.07, 6.45) is 10.6. The van der Waals surface area contributed by atoms with E-state index >= 15 is 0 Å². The summed E-state index contributed by atoms with van der Waals surface area (Å²) in [5.41, 5.74) is 4.24. The second-order valence-corrected chi connectivity index (χ2v) is 9.03. The van der Waals surface area contributed by atoms with Gasteiger partial charge in [-0.3, -0.25) is 0 Å². The maximum Gasteiger partial charge on any atom is -0.0172 e. The molecule has 0 radical (unpaired) electrons. The molecule has 0 spiro atoms. The lowest BCUT2D eigenvalue weighted by atomic mass is 9.78. The Morgan fingerprint density at radius 2 is 2.00 bits per heavy atom. The van der Waals surface area contributed by atoms with E-state index in [2.05, 4.69) is 47.3 Å². The van der Waals surface area contributed by atoms with Crippen molar-refractivity contribution in [2.75, 3.05) is 0 Å². The third kappa shape index (κ3) is 2.16. The molecule has 0 bridgehead atoms. The summed E-state index contributed by atoms with van der Waals surface area (Å²) in [4.78, 5) is 0. The second kappa shape index (κ2) is 5.00. The first-order chi connectivity index (χ1) is 9.81. The summed E-state index contributed by atoms with van der Waals surface area (Å²) in [5.74, 6) is 3.65. The van der Waals surface area contributed by atoms with Gasteiger partial charge in [0.2, 0.25) is 0 Å².